The minimum atomic E-state index is -0.991. The average Bonchev–Trinajstić information content (AvgIpc) is 2.35. The summed E-state index contributed by atoms with van der Waals surface area (Å²) in [6.07, 6.45) is 1.71. The van der Waals surface area contributed by atoms with E-state index in [2.05, 4.69) is 12.2 Å². The van der Waals surface area contributed by atoms with Crippen LogP contribution in [0.5, 0.6) is 0 Å². The van der Waals surface area contributed by atoms with E-state index in [0.717, 1.165) is 18.5 Å². The minimum Gasteiger partial charge on any atom is -0.478 e. The first-order chi connectivity index (χ1) is 8.58. The molecule has 18 heavy (non-hydrogen) atoms. The van der Waals surface area contributed by atoms with Crippen molar-refractivity contribution in [3.8, 4) is 0 Å². The molecule has 4 nitrogen and oxygen atoms in total. The van der Waals surface area contributed by atoms with Gasteiger partial charge in [0.1, 0.15) is 0 Å². The maximum atomic E-state index is 10.8. The van der Waals surface area contributed by atoms with Crippen LogP contribution in [0.2, 0.25) is 5.02 Å². The van der Waals surface area contributed by atoms with Crippen LogP contribution in [0.1, 0.15) is 30.1 Å². The van der Waals surface area contributed by atoms with E-state index >= 15 is 0 Å². The highest BCUT2D eigenvalue weighted by atomic mass is 35.5. The van der Waals surface area contributed by atoms with E-state index in [4.69, 9.17) is 21.8 Å². The van der Waals surface area contributed by atoms with Gasteiger partial charge >= 0.3 is 5.97 Å². The summed E-state index contributed by atoms with van der Waals surface area (Å²) in [6, 6.07) is 4.61. The fraction of sp³-hybridized carbons (Fsp3) is 0.462. The number of aromatic carboxylic acids is 1. The quantitative estimate of drug-likeness (QED) is 0.713. The fourth-order valence-electron chi connectivity index (χ4n) is 1.68. The van der Waals surface area contributed by atoms with Crippen molar-refractivity contribution in [1.82, 2.24) is 0 Å². The molecule has 1 unspecified atom stereocenters. The van der Waals surface area contributed by atoms with Crippen LogP contribution < -0.4 is 5.32 Å². The fourth-order valence-corrected chi connectivity index (χ4v) is 1.93. The molecule has 0 aliphatic heterocycles. The van der Waals surface area contributed by atoms with Crippen molar-refractivity contribution in [2.45, 2.75) is 19.8 Å². The molecule has 3 N–H and O–H groups in total. The van der Waals surface area contributed by atoms with Gasteiger partial charge in [-0.3, -0.25) is 0 Å². The van der Waals surface area contributed by atoms with Crippen LogP contribution in [0.4, 0.5) is 5.69 Å². The molecule has 0 spiro atoms. The van der Waals surface area contributed by atoms with E-state index in [9.17, 15) is 4.79 Å². The Kier molecular flexibility index (Phi) is 5.95. The standard InChI is InChI=1S/C13H18ClNO3/c1-2-9(5-6-16)8-15-12-4-3-10(13(17)18)7-11(12)14/h3-4,7,9,15-16H,2,5-6,8H2,1H3,(H,17,18). The maximum Gasteiger partial charge on any atom is 0.335 e. The third kappa shape index (κ3) is 4.20. The Labute approximate surface area is 112 Å². The summed E-state index contributed by atoms with van der Waals surface area (Å²) >= 11 is 6.00. The van der Waals surface area contributed by atoms with Crippen molar-refractivity contribution in [2.75, 3.05) is 18.5 Å². The van der Waals surface area contributed by atoms with Gasteiger partial charge in [0.05, 0.1) is 16.3 Å². The third-order valence-electron chi connectivity index (χ3n) is 2.91. The van der Waals surface area contributed by atoms with E-state index < -0.39 is 5.97 Å². The van der Waals surface area contributed by atoms with Gasteiger partial charge in [0, 0.05) is 13.2 Å². The van der Waals surface area contributed by atoms with Gasteiger partial charge < -0.3 is 15.5 Å². The number of anilines is 1. The molecule has 100 valence electrons. The first-order valence-electron chi connectivity index (χ1n) is 5.96. The van der Waals surface area contributed by atoms with Gasteiger partial charge in [0.2, 0.25) is 0 Å². The molecule has 0 bridgehead atoms. The van der Waals surface area contributed by atoms with Gasteiger partial charge in [-0.05, 0) is 30.5 Å². The largest absolute Gasteiger partial charge is 0.478 e. The Morgan fingerprint density at radius 2 is 2.22 bits per heavy atom. The lowest BCUT2D eigenvalue weighted by Gasteiger charge is -2.16. The number of carboxylic acid groups (broad SMARTS) is 1. The number of hydrogen-bond donors (Lipinski definition) is 3. The Morgan fingerprint density at radius 3 is 2.72 bits per heavy atom. The smallest absolute Gasteiger partial charge is 0.335 e. The average molecular weight is 272 g/mol. The topological polar surface area (TPSA) is 69.6 Å². The van der Waals surface area contributed by atoms with Gasteiger partial charge in [-0.2, -0.15) is 0 Å². The van der Waals surface area contributed by atoms with Gasteiger partial charge in [0.15, 0.2) is 0 Å². The maximum absolute atomic E-state index is 10.8. The second-order valence-corrected chi connectivity index (χ2v) is 4.57. The number of carboxylic acids is 1. The molecule has 0 radical (unpaired) electrons. The first-order valence-corrected chi connectivity index (χ1v) is 6.33. The van der Waals surface area contributed by atoms with Crippen molar-refractivity contribution < 1.29 is 15.0 Å². The van der Waals surface area contributed by atoms with Gasteiger partial charge in [0.25, 0.3) is 0 Å². The molecule has 0 heterocycles. The first kappa shape index (κ1) is 14.8. The molecule has 0 aliphatic rings. The van der Waals surface area contributed by atoms with Crippen LogP contribution in [0.15, 0.2) is 18.2 Å². The molecule has 0 saturated carbocycles. The molecule has 0 aliphatic carbocycles. The highest BCUT2D eigenvalue weighted by Crippen LogP contribution is 2.23. The lowest BCUT2D eigenvalue weighted by molar-refractivity contribution is 0.0697. The van der Waals surface area contributed by atoms with Gasteiger partial charge in [-0.25, -0.2) is 4.79 Å². The van der Waals surface area contributed by atoms with Crippen LogP contribution in [0.3, 0.4) is 0 Å². The molecule has 0 fully saturated rings. The summed E-state index contributed by atoms with van der Waals surface area (Å²) in [5.74, 6) is -0.611. The van der Waals surface area contributed by atoms with E-state index in [0.29, 0.717) is 17.5 Å². The van der Waals surface area contributed by atoms with Crippen LogP contribution in [-0.2, 0) is 0 Å². The van der Waals surface area contributed by atoms with E-state index in [1.54, 1.807) is 6.07 Å². The number of nitrogens with one attached hydrogen (secondary N) is 1. The number of benzene rings is 1. The Balaban J connectivity index is 2.65. The van der Waals surface area contributed by atoms with Crippen LogP contribution in [0, 0.1) is 5.92 Å². The zero-order valence-corrected chi connectivity index (χ0v) is 11.1. The van der Waals surface area contributed by atoms with E-state index in [1.165, 1.54) is 12.1 Å². The molecule has 1 rings (SSSR count). The second-order valence-electron chi connectivity index (χ2n) is 4.17. The summed E-state index contributed by atoms with van der Waals surface area (Å²) in [7, 11) is 0. The number of rotatable bonds is 7. The van der Waals surface area contributed by atoms with Gasteiger partial charge in [-0.1, -0.05) is 24.9 Å². The number of aliphatic hydroxyl groups is 1. The molecule has 1 aromatic rings. The lowest BCUT2D eigenvalue weighted by atomic mass is 10.0. The Hall–Kier alpha value is -1.26. The summed E-state index contributed by atoms with van der Waals surface area (Å²) in [4.78, 5) is 10.8. The molecule has 0 aromatic heterocycles. The number of aliphatic hydroxyl groups excluding tert-OH is 1. The Bertz CT molecular complexity index is 409. The molecule has 0 saturated heterocycles. The second kappa shape index (κ2) is 7.24. The normalized spacial score (nSPS) is 12.2. The van der Waals surface area contributed by atoms with Crippen LogP contribution in [-0.4, -0.2) is 29.3 Å². The molecular weight excluding hydrogens is 254 g/mol. The zero-order chi connectivity index (χ0) is 13.5. The highest BCUT2D eigenvalue weighted by molar-refractivity contribution is 6.33. The third-order valence-corrected chi connectivity index (χ3v) is 3.22. The molecule has 1 aromatic carbocycles. The van der Waals surface area contributed by atoms with E-state index in [1.807, 2.05) is 0 Å². The van der Waals surface area contributed by atoms with Crippen LogP contribution in [0.25, 0.3) is 0 Å². The highest BCUT2D eigenvalue weighted by Gasteiger charge is 2.09. The summed E-state index contributed by atoms with van der Waals surface area (Å²) in [6.45, 7) is 2.95. The molecular formula is C13H18ClNO3. The Morgan fingerprint density at radius 1 is 1.50 bits per heavy atom. The minimum absolute atomic E-state index is 0.172. The number of hydrogen-bond acceptors (Lipinski definition) is 3. The lowest BCUT2D eigenvalue weighted by Crippen LogP contribution is -2.15. The number of carbonyl (C=O) groups is 1. The van der Waals surface area contributed by atoms with Crippen molar-refractivity contribution >= 4 is 23.3 Å². The molecule has 5 heteroatoms. The van der Waals surface area contributed by atoms with Crippen molar-refractivity contribution in [3.63, 3.8) is 0 Å². The molecule has 1 atom stereocenters. The van der Waals surface area contributed by atoms with Crippen molar-refractivity contribution in [2.24, 2.45) is 5.92 Å². The summed E-state index contributed by atoms with van der Waals surface area (Å²) < 4.78 is 0. The van der Waals surface area contributed by atoms with Gasteiger partial charge in [-0.15, -0.1) is 0 Å². The SMILES string of the molecule is CCC(CCO)CNc1ccc(C(=O)O)cc1Cl. The van der Waals surface area contributed by atoms with E-state index in [-0.39, 0.29) is 12.2 Å². The monoisotopic (exact) mass is 271 g/mol. The van der Waals surface area contributed by atoms with Crippen molar-refractivity contribution in [3.05, 3.63) is 28.8 Å². The zero-order valence-electron chi connectivity index (χ0n) is 10.3. The predicted octanol–water partition coefficient (Wildman–Crippen LogP) is 2.86. The number of halogens is 1. The summed E-state index contributed by atoms with van der Waals surface area (Å²) in [5.41, 5.74) is 0.894. The predicted molar refractivity (Wildman–Crippen MR) is 72.4 cm³/mol. The van der Waals surface area contributed by atoms with Crippen LogP contribution >= 0.6 is 11.6 Å². The summed E-state index contributed by atoms with van der Waals surface area (Å²) in [5, 5.41) is 21.3. The van der Waals surface area contributed by atoms with Crippen molar-refractivity contribution in [1.29, 1.82) is 0 Å². The molecule has 0 amide bonds.